The summed E-state index contributed by atoms with van der Waals surface area (Å²) in [5, 5.41) is 20.7. The maximum atomic E-state index is 10.9. The topological polar surface area (TPSA) is 40.5 Å². The van der Waals surface area contributed by atoms with Gasteiger partial charge in [0.25, 0.3) is 0 Å². The normalized spacial score (nSPS) is 56.3. The highest BCUT2D eigenvalue weighted by atomic mass is 16.3. The molecule has 4 rings (SSSR count). The molecule has 0 saturated heterocycles. The molecule has 0 amide bonds. The summed E-state index contributed by atoms with van der Waals surface area (Å²) < 4.78 is 0. The van der Waals surface area contributed by atoms with Gasteiger partial charge in [0.1, 0.15) is 0 Å². The van der Waals surface area contributed by atoms with Gasteiger partial charge in [-0.3, -0.25) is 0 Å². The Bertz CT molecular complexity index is 472. The predicted molar refractivity (Wildman–Crippen MR) is 88.4 cm³/mol. The average Bonchev–Trinajstić information content (AvgIpc) is 2.65. The molecule has 0 aromatic rings. The van der Waals surface area contributed by atoms with Gasteiger partial charge in [-0.05, 0) is 85.4 Å². The fraction of sp³-hybridized carbons (Fsp3) is 1.00. The van der Waals surface area contributed by atoms with Crippen molar-refractivity contribution < 1.29 is 10.2 Å². The Morgan fingerprint density at radius 3 is 2.45 bits per heavy atom. The van der Waals surface area contributed by atoms with Crippen LogP contribution in [0.1, 0.15) is 78.6 Å². The highest BCUT2D eigenvalue weighted by molar-refractivity contribution is 5.16. The molecule has 2 bridgehead atoms. The molecule has 2 N–H and O–H groups in total. The van der Waals surface area contributed by atoms with E-state index in [0.717, 1.165) is 24.7 Å². The summed E-state index contributed by atoms with van der Waals surface area (Å²) >= 11 is 0. The second-order valence-corrected chi connectivity index (χ2v) is 10.3. The predicted octanol–water partition coefficient (Wildman–Crippen LogP) is 4.14. The van der Waals surface area contributed by atoms with E-state index in [1.54, 1.807) is 0 Å². The van der Waals surface area contributed by atoms with Crippen LogP contribution in [0.25, 0.3) is 0 Å². The van der Waals surface area contributed by atoms with E-state index in [0.29, 0.717) is 22.2 Å². The lowest BCUT2D eigenvalue weighted by atomic mass is 9.41. The van der Waals surface area contributed by atoms with Crippen LogP contribution in [0.2, 0.25) is 0 Å². The summed E-state index contributed by atoms with van der Waals surface area (Å²) in [5.74, 6) is 1.98. The molecule has 126 valence electrons. The molecule has 4 saturated carbocycles. The number of fused-ring (bicyclic) bond motifs is 3. The van der Waals surface area contributed by atoms with E-state index in [9.17, 15) is 10.2 Å². The van der Waals surface area contributed by atoms with Crippen molar-refractivity contribution in [3.8, 4) is 0 Å². The van der Waals surface area contributed by atoms with E-state index in [1.165, 1.54) is 44.9 Å². The Labute approximate surface area is 135 Å². The summed E-state index contributed by atoms with van der Waals surface area (Å²) in [6.07, 6.45) is 11.2. The molecular formula is C20H34O2. The van der Waals surface area contributed by atoms with E-state index < -0.39 is 5.60 Å². The van der Waals surface area contributed by atoms with Crippen LogP contribution >= 0.6 is 0 Å². The van der Waals surface area contributed by atoms with Gasteiger partial charge in [0.2, 0.25) is 0 Å². The third-order valence-corrected chi connectivity index (χ3v) is 8.89. The van der Waals surface area contributed by atoms with Gasteiger partial charge in [0, 0.05) is 0 Å². The highest BCUT2D eigenvalue weighted by Crippen LogP contribution is 2.72. The van der Waals surface area contributed by atoms with Crippen molar-refractivity contribution in [1.82, 2.24) is 0 Å². The van der Waals surface area contributed by atoms with E-state index in [-0.39, 0.29) is 6.61 Å². The quantitative estimate of drug-likeness (QED) is 0.764. The molecule has 0 radical (unpaired) electrons. The van der Waals surface area contributed by atoms with Crippen molar-refractivity contribution in [2.75, 3.05) is 6.61 Å². The van der Waals surface area contributed by atoms with Crippen LogP contribution in [0, 0.1) is 34.0 Å². The Balaban J connectivity index is 1.72. The Morgan fingerprint density at radius 2 is 1.73 bits per heavy atom. The van der Waals surface area contributed by atoms with Gasteiger partial charge in [-0.1, -0.05) is 27.2 Å². The maximum absolute atomic E-state index is 10.9. The monoisotopic (exact) mass is 306 g/mol. The molecule has 0 aromatic carbocycles. The van der Waals surface area contributed by atoms with Crippen LogP contribution in [0.3, 0.4) is 0 Å². The first-order valence-electron chi connectivity index (χ1n) is 9.59. The minimum absolute atomic E-state index is 0.0300. The maximum Gasteiger partial charge on any atom is 0.0910 e. The van der Waals surface area contributed by atoms with Gasteiger partial charge in [-0.25, -0.2) is 0 Å². The van der Waals surface area contributed by atoms with E-state index in [4.69, 9.17) is 0 Å². The Hall–Kier alpha value is -0.0800. The number of rotatable bonds is 1. The van der Waals surface area contributed by atoms with Crippen molar-refractivity contribution in [3.63, 3.8) is 0 Å². The third-order valence-electron chi connectivity index (χ3n) is 8.89. The van der Waals surface area contributed by atoms with Crippen molar-refractivity contribution in [2.24, 2.45) is 34.0 Å². The first-order chi connectivity index (χ1) is 10.3. The molecule has 4 aliphatic carbocycles. The molecule has 6 atom stereocenters. The average molecular weight is 306 g/mol. The molecule has 22 heavy (non-hydrogen) atoms. The number of aliphatic hydroxyl groups excluding tert-OH is 1. The molecule has 2 unspecified atom stereocenters. The van der Waals surface area contributed by atoms with Crippen LogP contribution in [-0.2, 0) is 0 Å². The van der Waals surface area contributed by atoms with E-state index in [2.05, 4.69) is 20.8 Å². The van der Waals surface area contributed by atoms with Gasteiger partial charge in [0.05, 0.1) is 12.2 Å². The fourth-order valence-corrected chi connectivity index (χ4v) is 8.13. The van der Waals surface area contributed by atoms with Crippen molar-refractivity contribution in [2.45, 2.75) is 84.2 Å². The summed E-state index contributed by atoms with van der Waals surface area (Å²) in [7, 11) is 0. The van der Waals surface area contributed by atoms with Crippen LogP contribution < -0.4 is 0 Å². The standard InChI is InChI=1S/C20H34O2/c1-17(2)8-4-9-18(3)15(17)7-10-19-11-14(5-6-16(18)19)20(22,12-19)13-21/h14-16,21-22H,4-13H2,1-3H3/t14?,15-,16+,18-,19?,20-/m1/s1. The van der Waals surface area contributed by atoms with Crippen LogP contribution in [0.4, 0.5) is 0 Å². The molecule has 4 aliphatic rings. The fourth-order valence-electron chi connectivity index (χ4n) is 8.13. The lowest BCUT2D eigenvalue weighted by Crippen LogP contribution is -2.55. The number of hydrogen-bond acceptors (Lipinski definition) is 2. The van der Waals surface area contributed by atoms with Gasteiger partial charge < -0.3 is 10.2 Å². The Morgan fingerprint density at radius 1 is 0.955 bits per heavy atom. The minimum Gasteiger partial charge on any atom is -0.393 e. The number of aliphatic hydroxyl groups is 2. The number of hydrogen-bond donors (Lipinski definition) is 2. The van der Waals surface area contributed by atoms with Crippen molar-refractivity contribution in [3.05, 3.63) is 0 Å². The van der Waals surface area contributed by atoms with Gasteiger partial charge in [-0.15, -0.1) is 0 Å². The molecule has 0 aromatic heterocycles. The van der Waals surface area contributed by atoms with Crippen LogP contribution in [0.5, 0.6) is 0 Å². The van der Waals surface area contributed by atoms with Gasteiger partial charge in [0.15, 0.2) is 0 Å². The first kappa shape index (κ1) is 15.4. The molecule has 1 spiro atoms. The van der Waals surface area contributed by atoms with Crippen LogP contribution in [-0.4, -0.2) is 22.4 Å². The molecule has 0 heterocycles. The van der Waals surface area contributed by atoms with E-state index in [1.807, 2.05) is 0 Å². The summed E-state index contributed by atoms with van der Waals surface area (Å²) in [5.41, 5.74) is 0.504. The summed E-state index contributed by atoms with van der Waals surface area (Å²) in [6, 6.07) is 0. The first-order valence-corrected chi connectivity index (χ1v) is 9.59. The van der Waals surface area contributed by atoms with Crippen LogP contribution in [0.15, 0.2) is 0 Å². The third kappa shape index (κ3) is 1.80. The zero-order chi connectivity index (χ0) is 15.8. The molecule has 2 heteroatoms. The summed E-state index contributed by atoms with van der Waals surface area (Å²) in [4.78, 5) is 0. The van der Waals surface area contributed by atoms with Gasteiger partial charge >= 0.3 is 0 Å². The second kappa shape index (κ2) is 4.51. The SMILES string of the molecule is CC1(C)CCC[C@]2(C)[C@@H]1CCC13CC(CC[C@H]12)[C@](O)(CO)C3. The lowest BCUT2D eigenvalue weighted by molar-refractivity contribution is -0.145. The molecule has 2 nitrogen and oxygen atoms in total. The summed E-state index contributed by atoms with van der Waals surface area (Å²) in [6.45, 7) is 7.55. The largest absolute Gasteiger partial charge is 0.393 e. The smallest absolute Gasteiger partial charge is 0.0910 e. The zero-order valence-corrected chi connectivity index (χ0v) is 14.7. The molecule has 4 fully saturated rings. The zero-order valence-electron chi connectivity index (χ0n) is 14.7. The molecule has 0 aliphatic heterocycles. The van der Waals surface area contributed by atoms with Crippen molar-refractivity contribution in [1.29, 1.82) is 0 Å². The highest BCUT2D eigenvalue weighted by Gasteiger charge is 2.66. The lowest BCUT2D eigenvalue weighted by Gasteiger charge is -2.64. The van der Waals surface area contributed by atoms with Crippen molar-refractivity contribution >= 4 is 0 Å². The van der Waals surface area contributed by atoms with Gasteiger partial charge in [-0.2, -0.15) is 0 Å². The minimum atomic E-state index is -0.776. The Kier molecular flexibility index (Phi) is 3.16. The second-order valence-electron chi connectivity index (χ2n) is 10.3. The van der Waals surface area contributed by atoms with E-state index >= 15 is 0 Å². The molecular weight excluding hydrogens is 272 g/mol.